The van der Waals surface area contributed by atoms with Crippen molar-refractivity contribution in [3.8, 4) is 0 Å². The summed E-state index contributed by atoms with van der Waals surface area (Å²) in [6.45, 7) is 5.43. The van der Waals surface area contributed by atoms with E-state index in [1.165, 1.54) is 0 Å². The van der Waals surface area contributed by atoms with Crippen molar-refractivity contribution in [2.24, 2.45) is 5.92 Å². The predicted octanol–water partition coefficient (Wildman–Crippen LogP) is 3.79. The number of esters is 1. The van der Waals surface area contributed by atoms with Gasteiger partial charge in [-0.2, -0.15) is 0 Å². The zero-order valence-corrected chi connectivity index (χ0v) is 12.8. The predicted molar refractivity (Wildman–Crippen MR) is 76.4 cm³/mol. The van der Waals surface area contributed by atoms with Crippen molar-refractivity contribution in [2.45, 2.75) is 32.8 Å². The lowest BCUT2D eigenvalue weighted by molar-refractivity contribution is -0.158. The number of hydrogen-bond acceptors (Lipinski definition) is 3. The van der Waals surface area contributed by atoms with E-state index in [2.05, 4.69) is 0 Å². The van der Waals surface area contributed by atoms with Crippen molar-refractivity contribution in [3.63, 3.8) is 0 Å². The first-order valence-corrected chi connectivity index (χ1v) is 6.94. The van der Waals surface area contributed by atoms with Gasteiger partial charge in [0.05, 0.1) is 22.6 Å². The molecule has 0 aliphatic heterocycles. The maximum Gasteiger partial charge on any atom is 0.312 e. The Morgan fingerprint density at radius 1 is 1.37 bits per heavy atom. The molecule has 0 fully saturated rings. The molecule has 0 radical (unpaired) electrons. The Morgan fingerprint density at radius 2 is 2.00 bits per heavy atom. The minimum atomic E-state index is -1.35. The monoisotopic (exact) mass is 304 g/mol. The Bertz CT molecular complexity index is 458. The fraction of sp³-hybridized carbons (Fsp3) is 0.500. The second kappa shape index (κ2) is 6.60. The fourth-order valence-corrected chi connectivity index (χ4v) is 2.35. The summed E-state index contributed by atoms with van der Waals surface area (Å²) < 4.78 is 5.00. The molecule has 19 heavy (non-hydrogen) atoms. The van der Waals surface area contributed by atoms with Crippen LogP contribution in [0.25, 0.3) is 0 Å². The summed E-state index contributed by atoms with van der Waals surface area (Å²) in [4.78, 5) is 11.9. The van der Waals surface area contributed by atoms with E-state index < -0.39 is 17.5 Å². The first-order valence-electron chi connectivity index (χ1n) is 6.19. The van der Waals surface area contributed by atoms with E-state index in [0.29, 0.717) is 22.0 Å². The third kappa shape index (κ3) is 3.62. The van der Waals surface area contributed by atoms with Crippen molar-refractivity contribution in [3.05, 3.63) is 33.8 Å². The summed E-state index contributed by atoms with van der Waals surface area (Å²) in [5.74, 6) is -1.06. The van der Waals surface area contributed by atoms with Crippen molar-refractivity contribution < 1.29 is 14.6 Å². The number of carbonyl (C=O) groups excluding carboxylic acids is 1. The molecule has 0 aliphatic carbocycles. The van der Waals surface area contributed by atoms with E-state index in [9.17, 15) is 9.90 Å². The number of carbonyl (C=O) groups is 1. The molecule has 1 aromatic rings. The minimum Gasteiger partial charge on any atom is -0.466 e. The number of benzene rings is 1. The van der Waals surface area contributed by atoms with Crippen molar-refractivity contribution in [2.75, 3.05) is 6.61 Å². The van der Waals surface area contributed by atoms with E-state index in [4.69, 9.17) is 27.9 Å². The molecule has 0 saturated carbocycles. The van der Waals surface area contributed by atoms with Gasteiger partial charge in [0.1, 0.15) is 5.60 Å². The molecule has 3 nitrogen and oxygen atoms in total. The number of ether oxygens (including phenoxy) is 1. The van der Waals surface area contributed by atoms with Crippen LogP contribution in [-0.4, -0.2) is 17.7 Å². The van der Waals surface area contributed by atoms with Gasteiger partial charge >= 0.3 is 5.97 Å². The van der Waals surface area contributed by atoms with Gasteiger partial charge in [-0.3, -0.25) is 4.79 Å². The number of aliphatic hydroxyl groups is 1. The average Bonchev–Trinajstić information content (AvgIpc) is 2.33. The number of halogens is 2. The van der Waals surface area contributed by atoms with E-state index in [1.807, 2.05) is 6.92 Å². The zero-order chi connectivity index (χ0) is 14.6. The fourth-order valence-electron chi connectivity index (χ4n) is 2.05. The van der Waals surface area contributed by atoms with Crippen LogP contribution in [0.5, 0.6) is 0 Å². The lowest BCUT2D eigenvalue weighted by Gasteiger charge is -2.31. The van der Waals surface area contributed by atoms with Gasteiger partial charge in [0.15, 0.2) is 0 Å². The molecule has 0 amide bonds. The first kappa shape index (κ1) is 16.3. The maximum atomic E-state index is 11.9. The van der Waals surface area contributed by atoms with E-state index in [0.717, 1.165) is 0 Å². The first-order chi connectivity index (χ1) is 8.84. The summed E-state index contributed by atoms with van der Waals surface area (Å²) >= 11 is 11.8. The molecule has 0 aliphatic rings. The second-order valence-corrected chi connectivity index (χ2v) is 5.30. The smallest absolute Gasteiger partial charge is 0.312 e. The van der Waals surface area contributed by atoms with Crippen LogP contribution in [0.3, 0.4) is 0 Å². The van der Waals surface area contributed by atoms with Crippen molar-refractivity contribution in [1.82, 2.24) is 0 Å². The second-order valence-electron chi connectivity index (χ2n) is 4.49. The number of rotatable bonds is 5. The van der Waals surface area contributed by atoms with Crippen LogP contribution in [-0.2, 0) is 15.1 Å². The third-order valence-electron chi connectivity index (χ3n) is 3.16. The van der Waals surface area contributed by atoms with Gasteiger partial charge in [-0.1, -0.05) is 36.2 Å². The largest absolute Gasteiger partial charge is 0.466 e. The van der Waals surface area contributed by atoms with Crippen LogP contribution in [0.4, 0.5) is 0 Å². The molecule has 0 spiro atoms. The van der Waals surface area contributed by atoms with Gasteiger partial charge in [-0.25, -0.2) is 0 Å². The average molecular weight is 305 g/mol. The van der Waals surface area contributed by atoms with Gasteiger partial charge in [0, 0.05) is 0 Å². The highest BCUT2D eigenvalue weighted by Crippen LogP contribution is 2.35. The minimum absolute atomic E-state index is 0.285. The molecule has 0 saturated heterocycles. The Balaban J connectivity index is 3.12. The molecule has 0 heterocycles. The third-order valence-corrected chi connectivity index (χ3v) is 3.90. The van der Waals surface area contributed by atoms with Gasteiger partial charge in [-0.05, 0) is 38.0 Å². The SMILES string of the molecule is CCOC(=O)C(CC)C(C)(O)c1ccc(Cl)c(Cl)c1. The van der Waals surface area contributed by atoms with Crippen LogP contribution < -0.4 is 0 Å². The maximum absolute atomic E-state index is 11.9. The molecule has 1 N–H and O–H groups in total. The van der Waals surface area contributed by atoms with Crippen molar-refractivity contribution >= 4 is 29.2 Å². The standard InChI is InChI=1S/C14H18Cl2O3/c1-4-10(13(17)19-5-2)14(3,18)9-6-7-11(15)12(16)8-9/h6-8,10,18H,4-5H2,1-3H3. The summed E-state index contributed by atoms with van der Waals surface area (Å²) in [6.07, 6.45) is 0.464. The van der Waals surface area contributed by atoms with Gasteiger partial charge in [-0.15, -0.1) is 0 Å². The lowest BCUT2D eigenvalue weighted by Crippen LogP contribution is -2.38. The van der Waals surface area contributed by atoms with E-state index >= 15 is 0 Å². The highest BCUT2D eigenvalue weighted by atomic mass is 35.5. The molecular formula is C14H18Cl2O3. The van der Waals surface area contributed by atoms with E-state index in [1.54, 1.807) is 32.0 Å². The van der Waals surface area contributed by atoms with Crippen LogP contribution in [0.2, 0.25) is 10.0 Å². The highest BCUT2D eigenvalue weighted by Gasteiger charge is 2.38. The highest BCUT2D eigenvalue weighted by molar-refractivity contribution is 6.42. The van der Waals surface area contributed by atoms with Gasteiger partial charge in [0.2, 0.25) is 0 Å². The quantitative estimate of drug-likeness (QED) is 0.842. The molecule has 2 atom stereocenters. The van der Waals surface area contributed by atoms with Crippen molar-refractivity contribution in [1.29, 1.82) is 0 Å². The molecule has 2 unspecified atom stereocenters. The van der Waals surface area contributed by atoms with Crippen LogP contribution in [0, 0.1) is 5.92 Å². The molecule has 106 valence electrons. The molecular weight excluding hydrogens is 287 g/mol. The Labute approximate surface area is 123 Å². The van der Waals surface area contributed by atoms with Crippen LogP contribution >= 0.6 is 23.2 Å². The number of hydrogen-bond donors (Lipinski definition) is 1. The molecule has 0 bridgehead atoms. The summed E-state index contributed by atoms with van der Waals surface area (Å²) in [5.41, 5.74) is -0.809. The normalized spacial score (nSPS) is 15.7. The molecule has 1 aromatic carbocycles. The zero-order valence-electron chi connectivity index (χ0n) is 11.2. The Hall–Kier alpha value is -0.770. The van der Waals surface area contributed by atoms with Crippen LogP contribution in [0.15, 0.2) is 18.2 Å². The summed E-state index contributed by atoms with van der Waals surface area (Å²) in [7, 11) is 0. The Kier molecular flexibility index (Phi) is 5.65. The summed E-state index contributed by atoms with van der Waals surface area (Å²) in [5, 5.41) is 11.4. The van der Waals surface area contributed by atoms with E-state index in [-0.39, 0.29) is 6.61 Å². The van der Waals surface area contributed by atoms with Crippen LogP contribution in [0.1, 0.15) is 32.8 Å². The molecule has 1 rings (SSSR count). The Morgan fingerprint density at radius 3 is 2.47 bits per heavy atom. The molecule has 5 heteroatoms. The topological polar surface area (TPSA) is 46.5 Å². The molecule has 0 aromatic heterocycles. The van der Waals surface area contributed by atoms with Gasteiger partial charge < -0.3 is 9.84 Å². The summed E-state index contributed by atoms with van der Waals surface area (Å²) in [6, 6.07) is 4.84. The van der Waals surface area contributed by atoms with Gasteiger partial charge in [0.25, 0.3) is 0 Å². The lowest BCUT2D eigenvalue weighted by atomic mass is 9.81.